The zero-order valence-corrected chi connectivity index (χ0v) is 15.2. The number of hydrogen-bond acceptors (Lipinski definition) is 5. The van der Waals surface area contributed by atoms with Crippen LogP contribution in [-0.2, 0) is 4.79 Å². The number of anilines is 1. The molecule has 0 atom stereocenters. The van der Waals surface area contributed by atoms with E-state index in [-0.39, 0.29) is 30.6 Å². The molecule has 0 saturated heterocycles. The summed E-state index contributed by atoms with van der Waals surface area (Å²) in [5.41, 5.74) is 0.449. The van der Waals surface area contributed by atoms with E-state index in [1.807, 2.05) is 0 Å². The van der Waals surface area contributed by atoms with Crippen LogP contribution in [0.1, 0.15) is 6.42 Å². The lowest BCUT2D eigenvalue weighted by Gasteiger charge is -2.11. The molecular formula is C21H19FN2O4. The van der Waals surface area contributed by atoms with Crippen LogP contribution in [0.5, 0.6) is 23.1 Å². The second kappa shape index (κ2) is 9.36. The molecule has 0 unspecified atom stereocenters. The fourth-order valence-corrected chi connectivity index (χ4v) is 2.33. The van der Waals surface area contributed by atoms with Crippen LogP contribution in [0.25, 0.3) is 0 Å². The normalized spacial score (nSPS) is 10.2. The summed E-state index contributed by atoms with van der Waals surface area (Å²) >= 11 is 0. The topological polar surface area (TPSA) is 69.7 Å². The summed E-state index contributed by atoms with van der Waals surface area (Å²) in [4.78, 5) is 16.4. The van der Waals surface area contributed by atoms with Crippen molar-refractivity contribution in [2.75, 3.05) is 19.0 Å². The molecule has 0 aliphatic rings. The van der Waals surface area contributed by atoms with Crippen molar-refractivity contribution < 1.29 is 23.4 Å². The maximum atomic E-state index is 12.9. The van der Waals surface area contributed by atoms with Crippen molar-refractivity contribution in [3.05, 3.63) is 72.7 Å². The minimum atomic E-state index is -0.342. The first-order chi connectivity index (χ1) is 13.6. The zero-order valence-electron chi connectivity index (χ0n) is 15.2. The first-order valence-electron chi connectivity index (χ1n) is 8.59. The molecule has 144 valence electrons. The molecule has 3 rings (SSSR count). The van der Waals surface area contributed by atoms with Gasteiger partial charge in [-0.3, -0.25) is 4.79 Å². The number of pyridine rings is 1. The first-order valence-corrected chi connectivity index (χ1v) is 8.59. The summed E-state index contributed by atoms with van der Waals surface area (Å²) in [6, 6.07) is 16.0. The highest BCUT2D eigenvalue weighted by Crippen LogP contribution is 2.28. The van der Waals surface area contributed by atoms with Gasteiger partial charge in [-0.2, -0.15) is 0 Å². The number of carbonyl (C=O) groups excluding carboxylic acids is 1. The minimum absolute atomic E-state index is 0.119. The van der Waals surface area contributed by atoms with Gasteiger partial charge in [0.15, 0.2) is 0 Å². The number of rotatable bonds is 8. The molecule has 2 aromatic carbocycles. The molecule has 0 saturated carbocycles. The third-order valence-electron chi connectivity index (χ3n) is 3.73. The van der Waals surface area contributed by atoms with E-state index >= 15 is 0 Å². The maximum absolute atomic E-state index is 12.9. The van der Waals surface area contributed by atoms with Crippen molar-refractivity contribution in [2.45, 2.75) is 6.42 Å². The molecule has 1 heterocycles. The van der Waals surface area contributed by atoms with Gasteiger partial charge in [-0.25, -0.2) is 9.37 Å². The lowest BCUT2D eigenvalue weighted by Crippen LogP contribution is -2.16. The largest absolute Gasteiger partial charge is 0.497 e. The molecule has 0 aliphatic heterocycles. The van der Waals surface area contributed by atoms with Gasteiger partial charge in [0.25, 0.3) is 0 Å². The Morgan fingerprint density at radius 3 is 2.39 bits per heavy atom. The number of carbonyl (C=O) groups is 1. The Hall–Kier alpha value is -3.61. The van der Waals surface area contributed by atoms with E-state index in [2.05, 4.69) is 10.3 Å². The molecule has 3 aromatic rings. The Bertz CT molecular complexity index is 914. The first kappa shape index (κ1) is 19.2. The van der Waals surface area contributed by atoms with Crippen LogP contribution in [-0.4, -0.2) is 24.6 Å². The average molecular weight is 382 g/mol. The highest BCUT2D eigenvalue weighted by Gasteiger charge is 2.10. The number of halogens is 1. The van der Waals surface area contributed by atoms with Crippen molar-refractivity contribution in [1.82, 2.24) is 4.98 Å². The Kier molecular flexibility index (Phi) is 6.41. The summed E-state index contributed by atoms with van der Waals surface area (Å²) in [6.45, 7) is 0.159. The Morgan fingerprint density at radius 1 is 1.00 bits per heavy atom. The second-order valence-corrected chi connectivity index (χ2v) is 5.73. The third-order valence-corrected chi connectivity index (χ3v) is 3.73. The molecule has 1 aromatic heterocycles. The maximum Gasteiger partial charge on any atom is 0.243 e. The number of amides is 1. The number of hydrogen-bond donors (Lipinski definition) is 1. The van der Waals surface area contributed by atoms with Gasteiger partial charge in [0.1, 0.15) is 28.8 Å². The number of benzene rings is 2. The number of methoxy groups -OCH3 is 1. The molecule has 0 aliphatic carbocycles. The lowest BCUT2D eigenvalue weighted by atomic mass is 10.3. The van der Waals surface area contributed by atoms with Gasteiger partial charge in [-0.1, -0.05) is 0 Å². The third kappa shape index (κ3) is 5.44. The Labute approximate surface area is 161 Å². The van der Waals surface area contributed by atoms with E-state index in [4.69, 9.17) is 14.2 Å². The quantitative estimate of drug-likeness (QED) is 0.624. The van der Waals surface area contributed by atoms with E-state index in [9.17, 15) is 9.18 Å². The van der Waals surface area contributed by atoms with Crippen LogP contribution in [0.3, 0.4) is 0 Å². The van der Waals surface area contributed by atoms with Crippen LogP contribution in [0.2, 0.25) is 0 Å². The van der Waals surface area contributed by atoms with Crippen molar-refractivity contribution in [2.24, 2.45) is 0 Å². The molecule has 28 heavy (non-hydrogen) atoms. The van der Waals surface area contributed by atoms with Gasteiger partial charge in [0, 0.05) is 6.20 Å². The SMILES string of the molecule is COc1ccc(Oc2ncccc2NC(=O)CCOc2ccc(F)cc2)cc1. The van der Waals surface area contributed by atoms with Gasteiger partial charge in [0.05, 0.1) is 20.1 Å². The summed E-state index contributed by atoms with van der Waals surface area (Å²) in [5.74, 6) is 1.46. The zero-order chi connectivity index (χ0) is 19.8. The van der Waals surface area contributed by atoms with Crippen molar-refractivity contribution >= 4 is 11.6 Å². The van der Waals surface area contributed by atoms with Gasteiger partial charge in [0.2, 0.25) is 11.8 Å². The number of nitrogens with one attached hydrogen (secondary N) is 1. The molecule has 7 heteroatoms. The molecule has 1 amide bonds. The van der Waals surface area contributed by atoms with Gasteiger partial charge in [-0.15, -0.1) is 0 Å². The van der Waals surface area contributed by atoms with Crippen LogP contribution in [0.15, 0.2) is 66.9 Å². The van der Waals surface area contributed by atoms with Gasteiger partial charge in [-0.05, 0) is 60.7 Å². The number of aromatic nitrogens is 1. The smallest absolute Gasteiger partial charge is 0.243 e. The lowest BCUT2D eigenvalue weighted by molar-refractivity contribution is -0.116. The Morgan fingerprint density at radius 2 is 1.68 bits per heavy atom. The van der Waals surface area contributed by atoms with E-state index in [1.165, 1.54) is 24.3 Å². The summed E-state index contributed by atoms with van der Waals surface area (Å²) < 4.78 is 29.2. The summed E-state index contributed by atoms with van der Waals surface area (Å²) in [7, 11) is 1.59. The fourth-order valence-electron chi connectivity index (χ4n) is 2.33. The molecule has 6 nitrogen and oxygen atoms in total. The van der Waals surface area contributed by atoms with E-state index < -0.39 is 0 Å². The van der Waals surface area contributed by atoms with Gasteiger partial charge < -0.3 is 19.5 Å². The molecule has 0 spiro atoms. The average Bonchev–Trinajstić information content (AvgIpc) is 2.71. The minimum Gasteiger partial charge on any atom is -0.497 e. The molecule has 0 fully saturated rings. The van der Waals surface area contributed by atoms with Crippen LogP contribution >= 0.6 is 0 Å². The van der Waals surface area contributed by atoms with Gasteiger partial charge >= 0.3 is 0 Å². The predicted octanol–water partition coefficient (Wildman–Crippen LogP) is 4.43. The monoisotopic (exact) mass is 382 g/mol. The van der Waals surface area contributed by atoms with Crippen LogP contribution in [0, 0.1) is 5.82 Å². The highest BCUT2D eigenvalue weighted by molar-refractivity contribution is 5.92. The summed E-state index contributed by atoms with van der Waals surface area (Å²) in [5, 5.41) is 2.76. The number of ether oxygens (including phenoxy) is 3. The molecular weight excluding hydrogens is 363 g/mol. The Balaban J connectivity index is 1.55. The number of nitrogens with zero attached hydrogens (tertiary/aromatic N) is 1. The van der Waals surface area contributed by atoms with E-state index in [0.29, 0.717) is 22.9 Å². The van der Waals surface area contributed by atoms with Crippen molar-refractivity contribution in [3.63, 3.8) is 0 Å². The van der Waals surface area contributed by atoms with E-state index in [0.717, 1.165) is 0 Å². The van der Waals surface area contributed by atoms with Crippen LogP contribution < -0.4 is 19.5 Å². The highest BCUT2D eigenvalue weighted by atomic mass is 19.1. The van der Waals surface area contributed by atoms with E-state index in [1.54, 1.807) is 49.7 Å². The van der Waals surface area contributed by atoms with Crippen molar-refractivity contribution in [3.8, 4) is 23.1 Å². The predicted molar refractivity (Wildman–Crippen MR) is 102 cm³/mol. The molecule has 1 N–H and O–H groups in total. The molecule has 0 radical (unpaired) electrons. The fraction of sp³-hybridized carbons (Fsp3) is 0.143. The van der Waals surface area contributed by atoms with Crippen LogP contribution in [0.4, 0.5) is 10.1 Å². The molecule has 0 bridgehead atoms. The van der Waals surface area contributed by atoms with Crippen molar-refractivity contribution in [1.29, 1.82) is 0 Å². The standard InChI is InChI=1S/C21H19FN2O4/c1-26-16-8-10-18(11-9-16)28-21-19(3-2-13-23-21)24-20(25)12-14-27-17-6-4-15(22)5-7-17/h2-11,13H,12,14H2,1H3,(H,24,25). The summed E-state index contributed by atoms with van der Waals surface area (Å²) in [6.07, 6.45) is 1.69. The second-order valence-electron chi connectivity index (χ2n) is 5.73.